The minimum absolute atomic E-state index is 0.0639. The Bertz CT molecular complexity index is 573. The molecule has 2 aliphatic rings. The molecule has 0 amide bonds. The lowest BCUT2D eigenvalue weighted by atomic mass is 10.0. The number of Topliss-reactive ketones (excluding diaryl/α,β-unsaturated/α-hetero) is 1. The monoisotopic (exact) mass is 284 g/mol. The Balaban J connectivity index is 1.97. The van der Waals surface area contributed by atoms with Crippen molar-refractivity contribution in [3.05, 3.63) is 4.77 Å². The molecule has 1 aromatic heterocycles. The second kappa shape index (κ2) is 4.19. The lowest BCUT2D eigenvalue weighted by Gasteiger charge is -2.26. The van der Waals surface area contributed by atoms with E-state index in [1.165, 1.54) is 0 Å². The molecule has 0 unspecified atom stereocenters. The maximum Gasteiger partial charge on any atom is 0.218 e. The topological polar surface area (TPSA) is 71.2 Å². The molecule has 2 bridgehead atoms. The lowest BCUT2D eigenvalue weighted by molar-refractivity contribution is -0.156. The van der Waals surface area contributed by atoms with E-state index in [0.29, 0.717) is 17.8 Å². The van der Waals surface area contributed by atoms with Crippen molar-refractivity contribution < 1.29 is 14.3 Å². The Morgan fingerprint density at radius 1 is 1.37 bits per heavy atom. The third kappa shape index (κ3) is 2.03. The van der Waals surface area contributed by atoms with Gasteiger partial charge in [0.25, 0.3) is 0 Å². The van der Waals surface area contributed by atoms with Crippen LogP contribution in [0.1, 0.15) is 33.2 Å². The zero-order valence-corrected chi connectivity index (χ0v) is 11.9. The van der Waals surface area contributed by atoms with Crippen molar-refractivity contribution in [2.75, 3.05) is 6.61 Å². The van der Waals surface area contributed by atoms with Crippen LogP contribution in [0.5, 0.6) is 0 Å². The Morgan fingerprint density at radius 2 is 2.11 bits per heavy atom. The summed E-state index contributed by atoms with van der Waals surface area (Å²) in [7, 11) is 0. The predicted octanol–water partition coefficient (Wildman–Crippen LogP) is 0.819. The van der Waals surface area contributed by atoms with Gasteiger partial charge < -0.3 is 9.47 Å². The van der Waals surface area contributed by atoms with Crippen LogP contribution in [0.4, 0.5) is 0 Å². The molecule has 0 aromatic carbocycles. The summed E-state index contributed by atoms with van der Waals surface area (Å²) in [5.41, 5.74) is -0.246. The fourth-order valence-corrected chi connectivity index (χ4v) is 2.84. The number of carbonyl (C=O) groups excluding carboxylic acids is 1. The average molecular weight is 284 g/mol. The SMILES string of the molecule is CC(C)(C)n1nnn([C@H]2CC(=O)[C@H]3OC[C@H]2O3)c1=S. The quantitative estimate of drug-likeness (QED) is 0.711. The fraction of sp³-hybridized carbons (Fsp3) is 0.818. The van der Waals surface area contributed by atoms with Gasteiger partial charge in [-0.3, -0.25) is 4.79 Å². The van der Waals surface area contributed by atoms with Crippen LogP contribution in [0.25, 0.3) is 0 Å². The number of rotatable bonds is 1. The summed E-state index contributed by atoms with van der Waals surface area (Å²) in [5.74, 6) is -0.0639. The van der Waals surface area contributed by atoms with Gasteiger partial charge >= 0.3 is 0 Å². The Labute approximate surface area is 115 Å². The number of ether oxygens (including phenoxy) is 2. The first kappa shape index (κ1) is 12.9. The molecule has 104 valence electrons. The van der Waals surface area contributed by atoms with E-state index in [9.17, 15) is 4.79 Å². The zero-order valence-electron chi connectivity index (χ0n) is 11.1. The molecule has 2 fully saturated rings. The summed E-state index contributed by atoms with van der Waals surface area (Å²) in [5, 5.41) is 8.18. The molecule has 7 nitrogen and oxygen atoms in total. The Hall–Kier alpha value is -1.12. The minimum atomic E-state index is -0.701. The highest BCUT2D eigenvalue weighted by atomic mass is 32.1. The van der Waals surface area contributed by atoms with E-state index in [1.807, 2.05) is 20.8 Å². The van der Waals surface area contributed by atoms with Gasteiger partial charge in [0.05, 0.1) is 18.2 Å². The van der Waals surface area contributed by atoms with Crippen molar-refractivity contribution in [3.8, 4) is 0 Å². The van der Waals surface area contributed by atoms with Crippen LogP contribution in [-0.2, 0) is 19.8 Å². The van der Waals surface area contributed by atoms with Crippen LogP contribution < -0.4 is 0 Å². The number of fused-ring (bicyclic) bond motifs is 2. The second-order valence-electron chi connectivity index (χ2n) is 5.87. The first-order chi connectivity index (χ1) is 8.88. The second-order valence-corrected chi connectivity index (χ2v) is 6.23. The molecule has 0 radical (unpaired) electrons. The van der Waals surface area contributed by atoms with E-state index in [0.717, 1.165) is 0 Å². The van der Waals surface area contributed by atoms with Gasteiger partial charge in [-0.2, -0.15) is 0 Å². The fourth-order valence-electron chi connectivity index (χ4n) is 2.35. The van der Waals surface area contributed by atoms with E-state index in [2.05, 4.69) is 10.4 Å². The zero-order chi connectivity index (χ0) is 13.8. The Kier molecular flexibility index (Phi) is 2.84. The highest BCUT2D eigenvalue weighted by molar-refractivity contribution is 7.71. The van der Waals surface area contributed by atoms with Gasteiger partial charge in [-0.05, 0) is 43.4 Å². The highest BCUT2D eigenvalue weighted by Gasteiger charge is 2.45. The minimum Gasteiger partial charge on any atom is -0.343 e. The van der Waals surface area contributed by atoms with Crippen LogP contribution >= 0.6 is 12.2 Å². The number of nitrogens with zero attached hydrogens (tertiary/aromatic N) is 4. The molecule has 8 heteroatoms. The van der Waals surface area contributed by atoms with Gasteiger partial charge in [0.1, 0.15) is 6.10 Å². The molecule has 1 aromatic rings. The summed E-state index contributed by atoms with van der Waals surface area (Å²) in [6.45, 7) is 6.39. The van der Waals surface area contributed by atoms with Crippen molar-refractivity contribution in [2.45, 2.75) is 51.2 Å². The number of carbonyl (C=O) groups is 1. The molecule has 0 spiro atoms. The first-order valence-electron chi connectivity index (χ1n) is 6.23. The van der Waals surface area contributed by atoms with Crippen LogP contribution in [0.3, 0.4) is 0 Å². The van der Waals surface area contributed by atoms with Crippen LogP contribution in [0.2, 0.25) is 0 Å². The normalized spacial score (nSPS) is 30.9. The third-order valence-electron chi connectivity index (χ3n) is 3.37. The van der Waals surface area contributed by atoms with E-state index < -0.39 is 6.29 Å². The smallest absolute Gasteiger partial charge is 0.218 e. The molecule has 3 heterocycles. The first-order valence-corrected chi connectivity index (χ1v) is 6.63. The third-order valence-corrected chi connectivity index (χ3v) is 3.73. The molecule has 0 saturated carbocycles. The molecular formula is C11H16N4O3S. The van der Waals surface area contributed by atoms with E-state index in [-0.39, 0.29) is 23.5 Å². The van der Waals surface area contributed by atoms with Crippen LogP contribution in [-0.4, -0.2) is 44.6 Å². The van der Waals surface area contributed by atoms with Crippen LogP contribution in [0, 0.1) is 4.77 Å². The standard InChI is InChI=1S/C11H16N4O3S/c1-11(2,3)15-10(19)14(12-13-15)6-4-7(16)9-17-5-8(6)18-9/h6,8-9H,4-5H2,1-3H3/t6-,8+,9-/m0/s1. The van der Waals surface area contributed by atoms with Gasteiger partial charge in [0.2, 0.25) is 11.1 Å². The van der Waals surface area contributed by atoms with Crippen molar-refractivity contribution in [1.29, 1.82) is 0 Å². The van der Waals surface area contributed by atoms with Crippen molar-refractivity contribution in [1.82, 2.24) is 19.8 Å². The van der Waals surface area contributed by atoms with Crippen LogP contribution in [0.15, 0.2) is 0 Å². The molecule has 2 saturated heterocycles. The average Bonchev–Trinajstić information content (AvgIpc) is 2.88. The molecular weight excluding hydrogens is 268 g/mol. The summed E-state index contributed by atoms with van der Waals surface area (Å²) in [6, 6.07) is -0.227. The van der Waals surface area contributed by atoms with Gasteiger partial charge in [-0.1, -0.05) is 0 Å². The molecule has 0 aliphatic carbocycles. The van der Waals surface area contributed by atoms with Crippen molar-refractivity contribution >= 4 is 18.0 Å². The van der Waals surface area contributed by atoms with Gasteiger partial charge in [-0.15, -0.1) is 0 Å². The predicted molar refractivity (Wildman–Crippen MR) is 67.1 cm³/mol. The molecule has 3 rings (SSSR count). The maximum absolute atomic E-state index is 11.8. The largest absolute Gasteiger partial charge is 0.343 e. The van der Waals surface area contributed by atoms with E-state index in [4.69, 9.17) is 21.7 Å². The molecule has 3 atom stereocenters. The van der Waals surface area contributed by atoms with Gasteiger partial charge in [0.15, 0.2) is 5.78 Å². The number of ketones is 1. The highest BCUT2D eigenvalue weighted by Crippen LogP contribution is 2.32. The molecule has 19 heavy (non-hydrogen) atoms. The maximum atomic E-state index is 11.8. The summed E-state index contributed by atoms with van der Waals surface area (Å²) in [4.78, 5) is 11.8. The van der Waals surface area contributed by atoms with E-state index in [1.54, 1.807) is 9.36 Å². The summed E-state index contributed by atoms with van der Waals surface area (Å²) < 4.78 is 14.6. The summed E-state index contributed by atoms with van der Waals surface area (Å²) >= 11 is 5.40. The molecule has 2 aliphatic heterocycles. The van der Waals surface area contributed by atoms with E-state index >= 15 is 0 Å². The van der Waals surface area contributed by atoms with Gasteiger partial charge in [0, 0.05) is 6.42 Å². The van der Waals surface area contributed by atoms with Gasteiger partial charge in [-0.25, -0.2) is 9.36 Å². The number of aromatic nitrogens is 4. The lowest BCUT2D eigenvalue weighted by Crippen LogP contribution is -2.37. The van der Waals surface area contributed by atoms with Crippen molar-refractivity contribution in [3.63, 3.8) is 0 Å². The van der Waals surface area contributed by atoms with Crippen molar-refractivity contribution in [2.24, 2.45) is 0 Å². The Morgan fingerprint density at radius 3 is 2.74 bits per heavy atom. The number of hydrogen-bond donors (Lipinski definition) is 0. The summed E-state index contributed by atoms with van der Waals surface area (Å²) in [6.07, 6.45) is -0.556. The molecule has 0 N–H and O–H groups in total. The number of hydrogen-bond acceptors (Lipinski definition) is 6. The number of tetrazole rings is 1.